The highest BCUT2D eigenvalue weighted by Gasteiger charge is 2.42. The molecule has 0 radical (unpaired) electrons. The summed E-state index contributed by atoms with van der Waals surface area (Å²) in [5.74, 6) is -2.99. The Balaban J connectivity index is 1.89. The Bertz CT molecular complexity index is 704. The lowest BCUT2D eigenvalue weighted by Gasteiger charge is -2.23. The van der Waals surface area contributed by atoms with Crippen LogP contribution >= 0.6 is 0 Å². The molecule has 1 aromatic rings. The largest absolute Gasteiger partial charge is 0.352 e. The Labute approximate surface area is 127 Å². The summed E-state index contributed by atoms with van der Waals surface area (Å²) in [6.07, 6.45) is 2.68. The van der Waals surface area contributed by atoms with Crippen molar-refractivity contribution < 1.29 is 22.0 Å². The Morgan fingerprint density at radius 2 is 1.95 bits per heavy atom. The molecule has 22 heavy (non-hydrogen) atoms. The number of nitrogens with one attached hydrogen (secondary N) is 1. The van der Waals surface area contributed by atoms with Gasteiger partial charge in [-0.3, -0.25) is 4.79 Å². The zero-order valence-electron chi connectivity index (χ0n) is 11.8. The highest BCUT2D eigenvalue weighted by molar-refractivity contribution is 7.89. The van der Waals surface area contributed by atoms with Crippen molar-refractivity contribution in [2.24, 2.45) is 0 Å². The van der Waals surface area contributed by atoms with E-state index in [0.29, 0.717) is 12.8 Å². The van der Waals surface area contributed by atoms with E-state index >= 15 is 0 Å². The maximum absolute atomic E-state index is 13.8. The van der Waals surface area contributed by atoms with Gasteiger partial charge in [-0.1, -0.05) is 6.07 Å². The Morgan fingerprint density at radius 3 is 2.64 bits per heavy atom. The fourth-order valence-electron chi connectivity index (χ4n) is 2.62. The first kappa shape index (κ1) is 15.4. The molecule has 1 heterocycles. The maximum atomic E-state index is 13.8. The minimum atomic E-state index is -4.24. The predicted molar refractivity (Wildman–Crippen MR) is 74.4 cm³/mol. The number of nitrogens with zero attached hydrogens (tertiary/aromatic N) is 1. The van der Waals surface area contributed by atoms with Crippen LogP contribution in [0.3, 0.4) is 0 Å². The van der Waals surface area contributed by atoms with Gasteiger partial charge in [-0.2, -0.15) is 4.31 Å². The van der Waals surface area contributed by atoms with Gasteiger partial charge in [0.15, 0.2) is 11.6 Å². The molecule has 1 aromatic carbocycles. The number of halogens is 2. The molecular weight excluding hydrogens is 314 g/mol. The molecule has 2 aliphatic rings. The number of hydrogen-bond acceptors (Lipinski definition) is 3. The first-order valence-corrected chi connectivity index (χ1v) is 8.61. The quantitative estimate of drug-likeness (QED) is 0.907. The number of benzene rings is 1. The van der Waals surface area contributed by atoms with Crippen LogP contribution in [0.4, 0.5) is 8.78 Å². The molecule has 5 nitrogen and oxygen atoms in total. The highest BCUT2D eigenvalue weighted by atomic mass is 32.2. The average Bonchev–Trinajstić information content (AvgIpc) is 3.13. The summed E-state index contributed by atoms with van der Waals surface area (Å²) in [4.78, 5) is 11.4. The second kappa shape index (κ2) is 5.58. The summed E-state index contributed by atoms with van der Waals surface area (Å²) in [5.41, 5.74) is 0. The number of carbonyl (C=O) groups excluding carboxylic acids is 1. The van der Waals surface area contributed by atoms with Gasteiger partial charge in [-0.15, -0.1) is 0 Å². The molecule has 0 bridgehead atoms. The van der Waals surface area contributed by atoms with E-state index in [-0.39, 0.29) is 18.5 Å². The van der Waals surface area contributed by atoms with Crippen LogP contribution in [0, 0.1) is 11.6 Å². The zero-order valence-corrected chi connectivity index (χ0v) is 12.6. The molecule has 1 aliphatic carbocycles. The van der Waals surface area contributed by atoms with Crippen molar-refractivity contribution in [3.05, 3.63) is 29.8 Å². The fourth-order valence-corrected chi connectivity index (χ4v) is 4.36. The normalized spacial score (nSPS) is 22.7. The third-order valence-corrected chi connectivity index (χ3v) is 5.86. The van der Waals surface area contributed by atoms with Gasteiger partial charge in [0, 0.05) is 12.6 Å². The van der Waals surface area contributed by atoms with Crippen LogP contribution in [-0.2, 0) is 14.8 Å². The fraction of sp³-hybridized carbons (Fsp3) is 0.500. The Kier molecular flexibility index (Phi) is 3.90. The van der Waals surface area contributed by atoms with Crippen molar-refractivity contribution in [3.8, 4) is 0 Å². The molecule has 0 spiro atoms. The van der Waals surface area contributed by atoms with Crippen molar-refractivity contribution in [3.63, 3.8) is 0 Å². The summed E-state index contributed by atoms with van der Waals surface area (Å²) in [7, 11) is -4.24. The van der Waals surface area contributed by atoms with E-state index in [1.807, 2.05) is 0 Å². The second-order valence-corrected chi connectivity index (χ2v) is 7.47. The van der Waals surface area contributed by atoms with Crippen LogP contribution in [0.15, 0.2) is 23.1 Å². The minimum Gasteiger partial charge on any atom is -0.352 e. The van der Waals surface area contributed by atoms with Gasteiger partial charge >= 0.3 is 0 Å². The number of rotatable bonds is 4. The lowest BCUT2D eigenvalue weighted by molar-refractivity contribution is -0.124. The first-order valence-electron chi connectivity index (χ1n) is 7.17. The molecule has 120 valence electrons. The standard InChI is InChI=1S/C14H16F2N2O3S/c15-10-3-1-5-12(13(10)16)22(20,21)18-8-2-4-11(18)14(19)17-9-6-7-9/h1,3,5,9,11H,2,4,6-8H2,(H,17,19)/t11-/m1/s1. The molecule has 8 heteroatoms. The molecule has 1 N–H and O–H groups in total. The van der Waals surface area contributed by atoms with E-state index in [9.17, 15) is 22.0 Å². The smallest absolute Gasteiger partial charge is 0.246 e. The molecule has 0 unspecified atom stereocenters. The summed E-state index contributed by atoms with van der Waals surface area (Å²) < 4.78 is 53.2. The van der Waals surface area contributed by atoms with Gasteiger partial charge < -0.3 is 5.32 Å². The van der Waals surface area contributed by atoms with E-state index in [1.54, 1.807) is 0 Å². The van der Waals surface area contributed by atoms with Gasteiger partial charge in [0.2, 0.25) is 15.9 Å². The molecule has 3 rings (SSSR count). The molecule has 1 aliphatic heterocycles. The molecule has 2 fully saturated rings. The summed E-state index contributed by atoms with van der Waals surface area (Å²) >= 11 is 0. The molecule has 1 saturated heterocycles. The number of amides is 1. The van der Waals surface area contributed by atoms with E-state index in [1.165, 1.54) is 0 Å². The lowest BCUT2D eigenvalue weighted by Crippen LogP contribution is -2.46. The van der Waals surface area contributed by atoms with Crippen molar-refractivity contribution in [1.82, 2.24) is 9.62 Å². The monoisotopic (exact) mass is 330 g/mol. The van der Waals surface area contributed by atoms with Crippen LogP contribution in [0.2, 0.25) is 0 Å². The molecular formula is C14H16F2N2O3S. The van der Waals surface area contributed by atoms with Gasteiger partial charge in [0.25, 0.3) is 0 Å². The van der Waals surface area contributed by atoms with Crippen LogP contribution in [0.25, 0.3) is 0 Å². The maximum Gasteiger partial charge on any atom is 0.246 e. The van der Waals surface area contributed by atoms with Crippen LogP contribution in [0.5, 0.6) is 0 Å². The third-order valence-electron chi connectivity index (χ3n) is 3.93. The average molecular weight is 330 g/mol. The summed E-state index contributed by atoms with van der Waals surface area (Å²) in [6.45, 7) is 0.126. The Hall–Kier alpha value is -1.54. The first-order chi connectivity index (χ1) is 10.4. The number of sulfonamides is 1. The van der Waals surface area contributed by atoms with Crippen molar-refractivity contribution in [2.75, 3.05) is 6.54 Å². The molecule has 0 aromatic heterocycles. The topological polar surface area (TPSA) is 66.5 Å². The number of hydrogen-bond donors (Lipinski definition) is 1. The van der Waals surface area contributed by atoms with Gasteiger partial charge in [-0.05, 0) is 37.8 Å². The predicted octanol–water partition coefficient (Wildman–Crippen LogP) is 1.40. The van der Waals surface area contributed by atoms with Crippen LogP contribution < -0.4 is 5.32 Å². The van der Waals surface area contributed by atoms with Crippen molar-refractivity contribution in [2.45, 2.75) is 42.7 Å². The van der Waals surface area contributed by atoms with Crippen LogP contribution in [-0.4, -0.2) is 37.3 Å². The molecule has 1 amide bonds. The van der Waals surface area contributed by atoms with Crippen molar-refractivity contribution >= 4 is 15.9 Å². The van der Waals surface area contributed by atoms with Gasteiger partial charge in [-0.25, -0.2) is 17.2 Å². The third kappa shape index (κ3) is 2.72. The second-order valence-electron chi connectivity index (χ2n) is 5.61. The van der Waals surface area contributed by atoms with E-state index in [0.717, 1.165) is 35.3 Å². The molecule has 1 atom stereocenters. The Morgan fingerprint density at radius 1 is 1.23 bits per heavy atom. The van der Waals surface area contributed by atoms with E-state index in [4.69, 9.17) is 0 Å². The number of carbonyl (C=O) groups is 1. The van der Waals surface area contributed by atoms with Crippen LogP contribution in [0.1, 0.15) is 25.7 Å². The van der Waals surface area contributed by atoms with Gasteiger partial charge in [0.1, 0.15) is 10.9 Å². The molecule has 1 saturated carbocycles. The van der Waals surface area contributed by atoms with E-state index < -0.39 is 32.6 Å². The zero-order chi connectivity index (χ0) is 15.9. The minimum absolute atomic E-state index is 0.114. The SMILES string of the molecule is O=C(NC1CC1)[C@H]1CCCN1S(=O)(=O)c1cccc(F)c1F. The van der Waals surface area contributed by atoms with E-state index in [2.05, 4.69) is 5.32 Å². The van der Waals surface area contributed by atoms with Crippen molar-refractivity contribution in [1.29, 1.82) is 0 Å². The highest BCUT2D eigenvalue weighted by Crippen LogP contribution is 2.29. The summed E-state index contributed by atoms with van der Waals surface area (Å²) in [5, 5.41) is 2.76. The lowest BCUT2D eigenvalue weighted by atomic mass is 10.2. The van der Waals surface area contributed by atoms with Gasteiger partial charge in [0.05, 0.1) is 0 Å². The summed E-state index contributed by atoms with van der Waals surface area (Å²) in [6, 6.07) is 2.27.